The maximum atomic E-state index is 12.7. The summed E-state index contributed by atoms with van der Waals surface area (Å²) in [4.78, 5) is 28.4. The molecule has 4 heterocycles. The Kier molecular flexibility index (Phi) is 10.8. The Balaban J connectivity index is 1.22. The number of piperidine rings is 1. The SMILES string of the molecule is CC(C)(C)OC(=O)N1CCc2ccc(C#Cc3cc(-c4nn(CCCN5CCC(C(N)=O)CC5)c5c4CN(S(C)(=O)=O)CC5)ccc3Cl)cc2C1. The average Bonchev–Trinajstić information content (AvgIpc) is 3.44. The molecule has 6 rings (SSSR count). The van der Waals surface area contributed by atoms with Crippen LogP contribution in [0.2, 0.25) is 5.02 Å². The van der Waals surface area contributed by atoms with Gasteiger partial charge in [0.25, 0.3) is 0 Å². The van der Waals surface area contributed by atoms with E-state index in [4.69, 9.17) is 27.2 Å². The molecule has 2 N–H and O–H groups in total. The van der Waals surface area contributed by atoms with Gasteiger partial charge in [-0.25, -0.2) is 13.2 Å². The Morgan fingerprint density at radius 2 is 1.75 bits per heavy atom. The molecule has 0 bridgehead atoms. The molecular formula is C38H47ClN6O5S. The van der Waals surface area contributed by atoms with Crippen LogP contribution < -0.4 is 5.73 Å². The van der Waals surface area contributed by atoms with Crippen LogP contribution in [0.15, 0.2) is 36.4 Å². The fraction of sp³-hybridized carbons (Fsp3) is 0.500. The predicted molar refractivity (Wildman–Crippen MR) is 197 cm³/mol. The lowest BCUT2D eigenvalue weighted by atomic mass is 9.96. The minimum atomic E-state index is -3.39. The number of halogens is 1. The number of hydrogen-bond donors (Lipinski definition) is 1. The monoisotopic (exact) mass is 734 g/mol. The van der Waals surface area contributed by atoms with Crippen LogP contribution in [0.5, 0.6) is 0 Å². The Hall–Kier alpha value is -3.89. The molecule has 272 valence electrons. The number of carbonyl (C=O) groups is 2. The molecule has 1 fully saturated rings. The second kappa shape index (κ2) is 15.0. The largest absolute Gasteiger partial charge is 0.444 e. The third kappa shape index (κ3) is 8.95. The molecular weight excluding hydrogens is 688 g/mol. The smallest absolute Gasteiger partial charge is 0.410 e. The van der Waals surface area contributed by atoms with Crippen molar-refractivity contribution in [3.8, 4) is 23.1 Å². The zero-order valence-corrected chi connectivity index (χ0v) is 31.4. The third-order valence-electron chi connectivity index (χ3n) is 9.85. The summed E-state index contributed by atoms with van der Waals surface area (Å²) in [5, 5.41) is 5.56. The summed E-state index contributed by atoms with van der Waals surface area (Å²) in [5.74, 6) is 6.26. The van der Waals surface area contributed by atoms with Crippen molar-refractivity contribution in [2.45, 2.75) is 78.1 Å². The number of ether oxygens (including phenoxy) is 1. The van der Waals surface area contributed by atoms with Crippen LogP contribution >= 0.6 is 11.6 Å². The molecule has 1 aromatic heterocycles. The van der Waals surface area contributed by atoms with Crippen molar-refractivity contribution in [2.75, 3.05) is 39.0 Å². The van der Waals surface area contributed by atoms with Crippen LogP contribution in [-0.4, -0.2) is 88.9 Å². The summed E-state index contributed by atoms with van der Waals surface area (Å²) in [5.41, 5.74) is 12.1. The number of aryl methyl sites for hydroxylation is 1. The molecule has 2 amide bonds. The van der Waals surface area contributed by atoms with Crippen molar-refractivity contribution >= 4 is 33.6 Å². The lowest BCUT2D eigenvalue weighted by molar-refractivity contribution is -0.123. The number of fused-ring (bicyclic) bond motifs is 2. The highest BCUT2D eigenvalue weighted by molar-refractivity contribution is 7.88. The van der Waals surface area contributed by atoms with E-state index in [9.17, 15) is 18.0 Å². The molecule has 3 aliphatic heterocycles. The Labute approximate surface area is 306 Å². The summed E-state index contributed by atoms with van der Waals surface area (Å²) >= 11 is 6.67. The second-order valence-corrected chi connectivity index (χ2v) is 17.2. The van der Waals surface area contributed by atoms with Gasteiger partial charge < -0.3 is 20.3 Å². The highest BCUT2D eigenvalue weighted by Gasteiger charge is 2.30. The summed E-state index contributed by atoms with van der Waals surface area (Å²) in [7, 11) is -3.39. The molecule has 0 aliphatic carbocycles. The molecule has 0 atom stereocenters. The van der Waals surface area contributed by atoms with Crippen LogP contribution in [0.25, 0.3) is 11.3 Å². The molecule has 3 aliphatic rings. The molecule has 0 unspecified atom stereocenters. The van der Waals surface area contributed by atoms with Crippen LogP contribution in [0.4, 0.5) is 4.79 Å². The highest BCUT2D eigenvalue weighted by Crippen LogP contribution is 2.33. The van der Waals surface area contributed by atoms with Crippen LogP contribution in [0.3, 0.4) is 0 Å². The maximum Gasteiger partial charge on any atom is 0.410 e. The number of sulfonamides is 1. The molecule has 3 aromatic rings. The number of hydrogen-bond acceptors (Lipinski definition) is 7. The summed E-state index contributed by atoms with van der Waals surface area (Å²) in [6.45, 7) is 10.6. The number of likely N-dealkylation sites (tertiary alicyclic amines) is 1. The third-order valence-corrected chi connectivity index (χ3v) is 11.4. The molecule has 0 radical (unpaired) electrons. The van der Waals surface area contributed by atoms with Crippen molar-refractivity contribution in [1.82, 2.24) is 23.9 Å². The Morgan fingerprint density at radius 1 is 0.980 bits per heavy atom. The number of rotatable bonds is 7. The molecule has 2 aromatic carbocycles. The summed E-state index contributed by atoms with van der Waals surface area (Å²) < 4.78 is 34.3. The Morgan fingerprint density at radius 3 is 2.45 bits per heavy atom. The van der Waals surface area contributed by atoms with E-state index in [0.717, 1.165) is 79.0 Å². The standard InChI is InChI=1S/C38H47ClN6O5S/c1-38(2,3)50-37(47)43-20-14-27-8-6-26(22-31(27)24-43)7-9-29-23-30(10-11-33(29)39)35-32-25-44(51(4,48)49)21-15-34(32)45(41-35)17-5-16-42-18-12-28(13-19-42)36(40)46/h6,8,10-11,22-23,28H,5,12-21,24-25H2,1-4H3,(H2,40,46). The second-order valence-electron chi connectivity index (χ2n) is 14.8. The number of nitrogens with two attached hydrogens (primary N) is 1. The minimum absolute atomic E-state index is 0.0385. The van der Waals surface area contributed by atoms with E-state index in [0.29, 0.717) is 43.2 Å². The van der Waals surface area contributed by atoms with Crippen molar-refractivity contribution < 1.29 is 22.7 Å². The molecule has 0 saturated carbocycles. The quantitative estimate of drug-likeness (QED) is 0.345. The van der Waals surface area contributed by atoms with Gasteiger partial charge in [-0.1, -0.05) is 35.6 Å². The van der Waals surface area contributed by atoms with Crippen molar-refractivity contribution in [2.24, 2.45) is 11.7 Å². The molecule has 51 heavy (non-hydrogen) atoms. The van der Waals surface area contributed by atoms with E-state index in [-0.39, 0.29) is 24.5 Å². The van der Waals surface area contributed by atoms with Gasteiger partial charge in [0, 0.05) is 73.0 Å². The average molecular weight is 735 g/mol. The first kappa shape index (κ1) is 36.9. The van der Waals surface area contributed by atoms with Crippen LogP contribution in [0, 0.1) is 17.8 Å². The zero-order valence-electron chi connectivity index (χ0n) is 29.9. The first-order valence-electron chi connectivity index (χ1n) is 17.6. The topological polar surface area (TPSA) is 131 Å². The van der Waals surface area contributed by atoms with Gasteiger partial charge in [-0.3, -0.25) is 9.48 Å². The minimum Gasteiger partial charge on any atom is -0.444 e. The Bertz CT molecular complexity index is 1980. The lowest BCUT2D eigenvalue weighted by Gasteiger charge is -2.31. The van der Waals surface area contributed by atoms with Gasteiger partial charge in [0.2, 0.25) is 15.9 Å². The van der Waals surface area contributed by atoms with Crippen molar-refractivity contribution in [3.05, 3.63) is 74.9 Å². The van der Waals surface area contributed by atoms with E-state index < -0.39 is 15.6 Å². The molecule has 0 spiro atoms. The van der Waals surface area contributed by atoms with E-state index in [1.54, 1.807) is 4.90 Å². The summed E-state index contributed by atoms with van der Waals surface area (Å²) in [6, 6.07) is 11.7. The number of benzene rings is 2. The first-order valence-corrected chi connectivity index (χ1v) is 19.8. The molecule has 11 nitrogen and oxygen atoms in total. The van der Waals surface area contributed by atoms with E-state index in [2.05, 4.69) is 22.8 Å². The van der Waals surface area contributed by atoms with Crippen LogP contribution in [-0.2, 0) is 52.0 Å². The van der Waals surface area contributed by atoms with Gasteiger partial charge >= 0.3 is 6.09 Å². The van der Waals surface area contributed by atoms with Crippen molar-refractivity contribution in [3.63, 3.8) is 0 Å². The highest BCUT2D eigenvalue weighted by atomic mass is 35.5. The van der Waals surface area contributed by atoms with Crippen LogP contribution in [0.1, 0.15) is 73.5 Å². The fourth-order valence-electron chi connectivity index (χ4n) is 7.08. The van der Waals surface area contributed by atoms with Crippen molar-refractivity contribution in [1.29, 1.82) is 0 Å². The zero-order chi connectivity index (χ0) is 36.5. The lowest BCUT2D eigenvalue weighted by Crippen LogP contribution is -2.39. The van der Waals surface area contributed by atoms with Gasteiger partial charge in [-0.05, 0) is 101 Å². The fourth-order valence-corrected chi connectivity index (χ4v) is 8.03. The normalized spacial score (nSPS) is 17.3. The maximum absolute atomic E-state index is 12.7. The van der Waals surface area contributed by atoms with Gasteiger partial charge in [-0.2, -0.15) is 9.40 Å². The molecule has 13 heteroatoms. The van der Waals surface area contributed by atoms with Gasteiger partial charge in [0.1, 0.15) is 5.60 Å². The first-order chi connectivity index (χ1) is 24.1. The van der Waals surface area contributed by atoms with E-state index in [1.807, 2.05) is 55.8 Å². The number of carbonyl (C=O) groups excluding carboxylic acids is 2. The van der Waals surface area contributed by atoms with Gasteiger partial charge in [-0.15, -0.1) is 0 Å². The number of primary amides is 1. The van der Waals surface area contributed by atoms with E-state index >= 15 is 0 Å². The predicted octanol–water partition coefficient (Wildman–Crippen LogP) is 4.80. The number of aromatic nitrogens is 2. The number of nitrogens with zero attached hydrogens (tertiary/aromatic N) is 5. The van der Waals surface area contributed by atoms with Gasteiger partial charge in [0.05, 0.1) is 17.0 Å². The van der Waals surface area contributed by atoms with E-state index in [1.165, 1.54) is 16.1 Å². The summed E-state index contributed by atoms with van der Waals surface area (Å²) in [6.07, 6.45) is 4.70. The van der Waals surface area contributed by atoms with Gasteiger partial charge in [0.15, 0.2) is 0 Å². The number of amides is 2. The molecule has 1 saturated heterocycles.